The van der Waals surface area contributed by atoms with Crippen molar-refractivity contribution in [2.75, 3.05) is 5.32 Å². The molecule has 0 aliphatic carbocycles. The average Bonchev–Trinajstić information content (AvgIpc) is 2.92. The van der Waals surface area contributed by atoms with Crippen molar-refractivity contribution >= 4 is 28.6 Å². The van der Waals surface area contributed by atoms with Crippen LogP contribution in [0.4, 0.5) is 5.69 Å². The molecule has 0 aliphatic rings. The number of hydrogen-bond donors (Lipinski definition) is 1. The number of halogens is 1. The van der Waals surface area contributed by atoms with Gasteiger partial charge in [0.15, 0.2) is 0 Å². The van der Waals surface area contributed by atoms with Gasteiger partial charge in [-0.3, -0.25) is 0 Å². The third-order valence-corrected chi connectivity index (χ3v) is 4.37. The lowest BCUT2D eigenvalue weighted by molar-refractivity contribution is 1.19. The van der Waals surface area contributed by atoms with E-state index in [2.05, 4.69) is 53.8 Å². The summed E-state index contributed by atoms with van der Waals surface area (Å²) < 4.78 is 0. The number of para-hydroxylation sites is 1. The molecule has 2 aromatic carbocycles. The first-order chi connectivity index (χ1) is 9.83. The third-order valence-electron chi connectivity index (χ3n) is 3.09. The predicted molar refractivity (Wildman–Crippen MR) is 88.5 cm³/mol. The van der Waals surface area contributed by atoms with E-state index in [1.54, 1.807) is 11.3 Å². The van der Waals surface area contributed by atoms with Crippen LogP contribution in [0.25, 0.3) is 11.1 Å². The Kier molecular flexibility index (Phi) is 4.05. The Morgan fingerprint density at radius 1 is 0.950 bits per heavy atom. The van der Waals surface area contributed by atoms with E-state index < -0.39 is 0 Å². The van der Waals surface area contributed by atoms with Crippen molar-refractivity contribution in [1.29, 1.82) is 0 Å². The van der Waals surface area contributed by atoms with E-state index in [0.717, 1.165) is 17.3 Å². The van der Waals surface area contributed by atoms with Gasteiger partial charge in [0.1, 0.15) is 0 Å². The van der Waals surface area contributed by atoms with Crippen LogP contribution in [0.15, 0.2) is 66.0 Å². The SMILES string of the molecule is Clc1csc(CNc2ccccc2-c2ccccc2)c1. The van der Waals surface area contributed by atoms with Crippen molar-refractivity contribution in [3.8, 4) is 11.1 Å². The zero-order chi connectivity index (χ0) is 13.8. The van der Waals surface area contributed by atoms with Gasteiger partial charge < -0.3 is 5.32 Å². The molecule has 0 amide bonds. The van der Waals surface area contributed by atoms with Crippen molar-refractivity contribution in [3.63, 3.8) is 0 Å². The molecule has 1 nitrogen and oxygen atoms in total. The molecule has 0 saturated carbocycles. The number of benzene rings is 2. The van der Waals surface area contributed by atoms with Gasteiger partial charge in [-0.25, -0.2) is 0 Å². The molecule has 1 N–H and O–H groups in total. The van der Waals surface area contributed by atoms with Gasteiger partial charge in [0.2, 0.25) is 0 Å². The first kappa shape index (κ1) is 13.2. The van der Waals surface area contributed by atoms with Gasteiger partial charge in [0, 0.05) is 28.1 Å². The van der Waals surface area contributed by atoms with E-state index in [-0.39, 0.29) is 0 Å². The van der Waals surface area contributed by atoms with Crippen molar-refractivity contribution in [3.05, 3.63) is 75.9 Å². The molecule has 0 unspecified atom stereocenters. The summed E-state index contributed by atoms with van der Waals surface area (Å²) in [5.74, 6) is 0. The molecule has 0 bridgehead atoms. The smallest absolute Gasteiger partial charge is 0.0516 e. The highest BCUT2D eigenvalue weighted by Gasteiger charge is 2.04. The standard InChI is InChI=1S/C17H14ClNS/c18-14-10-15(20-12-14)11-19-17-9-5-4-8-16(17)13-6-2-1-3-7-13/h1-10,12,19H,11H2. The lowest BCUT2D eigenvalue weighted by atomic mass is 10.0. The van der Waals surface area contributed by atoms with Crippen molar-refractivity contribution in [2.45, 2.75) is 6.54 Å². The Morgan fingerprint density at radius 3 is 2.45 bits per heavy atom. The van der Waals surface area contributed by atoms with E-state index in [9.17, 15) is 0 Å². The summed E-state index contributed by atoms with van der Waals surface area (Å²) in [6.45, 7) is 0.793. The molecule has 100 valence electrons. The van der Waals surface area contributed by atoms with E-state index in [1.165, 1.54) is 16.0 Å². The maximum absolute atomic E-state index is 5.95. The van der Waals surface area contributed by atoms with E-state index in [1.807, 2.05) is 17.5 Å². The Morgan fingerprint density at radius 2 is 1.70 bits per heavy atom. The predicted octanol–water partition coefficient (Wildman–Crippen LogP) is 5.68. The molecule has 0 aliphatic heterocycles. The second-order valence-electron chi connectivity index (χ2n) is 4.50. The topological polar surface area (TPSA) is 12.0 Å². The Bertz CT molecular complexity index is 691. The Balaban J connectivity index is 1.83. The largest absolute Gasteiger partial charge is 0.380 e. The van der Waals surface area contributed by atoms with Crippen LogP contribution in [-0.2, 0) is 6.54 Å². The fraction of sp³-hybridized carbons (Fsp3) is 0.0588. The highest BCUT2D eigenvalue weighted by molar-refractivity contribution is 7.10. The van der Waals surface area contributed by atoms with Crippen LogP contribution in [0.5, 0.6) is 0 Å². The molecular weight excluding hydrogens is 286 g/mol. The monoisotopic (exact) mass is 299 g/mol. The van der Waals surface area contributed by atoms with E-state index >= 15 is 0 Å². The number of nitrogens with one attached hydrogen (secondary N) is 1. The fourth-order valence-corrected chi connectivity index (χ4v) is 3.15. The summed E-state index contributed by atoms with van der Waals surface area (Å²) in [6.07, 6.45) is 0. The molecule has 0 saturated heterocycles. The van der Waals surface area contributed by atoms with Gasteiger partial charge in [-0.15, -0.1) is 11.3 Å². The summed E-state index contributed by atoms with van der Waals surface area (Å²) >= 11 is 7.63. The van der Waals surface area contributed by atoms with Gasteiger partial charge in [-0.1, -0.05) is 60.1 Å². The van der Waals surface area contributed by atoms with Crippen LogP contribution in [0.1, 0.15) is 4.88 Å². The van der Waals surface area contributed by atoms with E-state index in [0.29, 0.717) is 0 Å². The van der Waals surface area contributed by atoms with Crippen LogP contribution >= 0.6 is 22.9 Å². The van der Waals surface area contributed by atoms with Crippen molar-refractivity contribution in [2.24, 2.45) is 0 Å². The molecule has 0 radical (unpaired) electrons. The van der Waals surface area contributed by atoms with Crippen molar-refractivity contribution < 1.29 is 0 Å². The molecule has 0 spiro atoms. The molecular formula is C17H14ClNS. The highest BCUT2D eigenvalue weighted by Crippen LogP contribution is 2.28. The molecule has 3 rings (SSSR count). The Hall–Kier alpha value is -1.77. The lowest BCUT2D eigenvalue weighted by Crippen LogP contribution is -1.99. The van der Waals surface area contributed by atoms with Crippen LogP contribution in [0.3, 0.4) is 0 Å². The van der Waals surface area contributed by atoms with Gasteiger partial charge >= 0.3 is 0 Å². The molecule has 1 aromatic heterocycles. The zero-order valence-electron chi connectivity index (χ0n) is 10.8. The quantitative estimate of drug-likeness (QED) is 0.653. The minimum atomic E-state index is 0.793. The first-order valence-electron chi connectivity index (χ1n) is 6.44. The third kappa shape index (κ3) is 3.03. The first-order valence-corrected chi connectivity index (χ1v) is 7.70. The number of hydrogen-bond acceptors (Lipinski definition) is 2. The maximum Gasteiger partial charge on any atom is 0.0516 e. The molecule has 3 aromatic rings. The van der Waals surface area contributed by atoms with Crippen LogP contribution < -0.4 is 5.32 Å². The van der Waals surface area contributed by atoms with Crippen LogP contribution in [0, 0.1) is 0 Å². The minimum absolute atomic E-state index is 0.793. The molecule has 20 heavy (non-hydrogen) atoms. The second kappa shape index (κ2) is 6.12. The zero-order valence-corrected chi connectivity index (χ0v) is 12.4. The lowest BCUT2D eigenvalue weighted by Gasteiger charge is -2.11. The summed E-state index contributed by atoms with van der Waals surface area (Å²) in [7, 11) is 0. The van der Waals surface area contributed by atoms with Gasteiger partial charge in [-0.05, 0) is 17.7 Å². The van der Waals surface area contributed by atoms with Crippen LogP contribution in [-0.4, -0.2) is 0 Å². The highest BCUT2D eigenvalue weighted by atomic mass is 35.5. The Labute approximate surface area is 127 Å². The minimum Gasteiger partial charge on any atom is -0.380 e. The molecule has 0 atom stereocenters. The fourth-order valence-electron chi connectivity index (χ4n) is 2.14. The summed E-state index contributed by atoms with van der Waals surface area (Å²) in [5.41, 5.74) is 3.58. The van der Waals surface area contributed by atoms with Crippen molar-refractivity contribution in [1.82, 2.24) is 0 Å². The van der Waals surface area contributed by atoms with Crippen LogP contribution in [0.2, 0.25) is 5.02 Å². The van der Waals surface area contributed by atoms with Gasteiger partial charge in [0.05, 0.1) is 5.02 Å². The molecule has 1 heterocycles. The number of thiophene rings is 1. The number of anilines is 1. The van der Waals surface area contributed by atoms with Gasteiger partial charge in [-0.2, -0.15) is 0 Å². The maximum atomic E-state index is 5.95. The number of rotatable bonds is 4. The average molecular weight is 300 g/mol. The normalized spacial score (nSPS) is 10.4. The summed E-state index contributed by atoms with van der Waals surface area (Å²) in [5, 5.41) is 6.26. The molecule has 0 fully saturated rings. The second-order valence-corrected chi connectivity index (χ2v) is 5.93. The van der Waals surface area contributed by atoms with Gasteiger partial charge in [0.25, 0.3) is 0 Å². The summed E-state index contributed by atoms with van der Waals surface area (Å²) in [6, 6.07) is 20.8. The summed E-state index contributed by atoms with van der Waals surface area (Å²) in [4.78, 5) is 1.23. The van der Waals surface area contributed by atoms with E-state index in [4.69, 9.17) is 11.6 Å². The molecule has 3 heteroatoms.